The normalized spacial score (nSPS) is 12.2. The van der Waals surface area contributed by atoms with Crippen LogP contribution in [0.5, 0.6) is 0 Å². The van der Waals surface area contributed by atoms with Crippen molar-refractivity contribution in [3.05, 3.63) is 0 Å². The Bertz CT molecular complexity index is 124. The van der Waals surface area contributed by atoms with Gasteiger partial charge in [0, 0.05) is 12.0 Å². The molecule has 0 rings (SSSR count). The summed E-state index contributed by atoms with van der Waals surface area (Å²) in [6.45, 7) is 7.30. The van der Waals surface area contributed by atoms with Gasteiger partial charge in [-0.25, -0.2) is 0 Å². The van der Waals surface area contributed by atoms with Crippen molar-refractivity contribution in [2.75, 3.05) is 0 Å². The Kier molecular flexibility index (Phi) is 3.25. The number of hydrogen-bond acceptors (Lipinski definition) is 2. The fourth-order valence-corrected chi connectivity index (χ4v) is 1.89. The molecular formula is C7H16O2Si. The molecule has 0 heterocycles. The van der Waals surface area contributed by atoms with Gasteiger partial charge in [0.2, 0.25) is 0 Å². The highest BCUT2D eigenvalue weighted by atomic mass is 28.4. The predicted octanol–water partition coefficient (Wildman–Crippen LogP) is 1.41. The Morgan fingerprint density at radius 2 is 1.90 bits per heavy atom. The van der Waals surface area contributed by atoms with E-state index in [-0.39, 0.29) is 11.7 Å². The quantitative estimate of drug-likeness (QED) is 0.634. The summed E-state index contributed by atoms with van der Waals surface area (Å²) in [5.41, 5.74) is 0. The van der Waals surface area contributed by atoms with Crippen LogP contribution in [0, 0.1) is 5.92 Å². The van der Waals surface area contributed by atoms with Gasteiger partial charge >= 0.3 is 0 Å². The van der Waals surface area contributed by atoms with Crippen molar-refractivity contribution in [3.63, 3.8) is 0 Å². The van der Waals surface area contributed by atoms with Gasteiger partial charge < -0.3 is 4.80 Å². The summed E-state index contributed by atoms with van der Waals surface area (Å²) in [7, 11) is -2.13. The largest absolute Gasteiger partial charge is 0.432 e. The second kappa shape index (κ2) is 3.30. The summed E-state index contributed by atoms with van der Waals surface area (Å²) in [5, 5.41) is 0. The van der Waals surface area contributed by atoms with Crippen LogP contribution in [0.2, 0.25) is 19.1 Å². The highest BCUT2D eigenvalue weighted by molar-refractivity contribution is 6.72. The molecule has 0 aromatic carbocycles. The Balaban J connectivity index is 3.81. The summed E-state index contributed by atoms with van der Waals surface area (Å²) in [6, 6.07) is 0.394. The molecule has 0 aliphatic carbocycles. The van der Waals surface area contributed by atoms with Gasteiger partial charge in [0.15, 0.2) is 8.32 Å². The van der Waals surface area contributed by atoms with Crippen LogP contribution in [-0.4, -0.2) is 18.9 Å². The number of ketones is 1. The van der Waals surface area contributed by atoms with Crippen molar-refractivity contribution in [2.45, 2.75) is 33.0 Å². The van der Waals surface area contributed by atoms with E-state index in [4.69, 9.17) is 0 Å². The van der Waals surface area contributed by atoms with Gasteiger partial charge in [0.1, 0.15) is 5.78 Å². The third-order valence-corrected chi connectivity index (χ3v) is 2.46. The number of hydrogen-bond donors (Lipinski definition) is 1. The molecular weight excluding hydrogens is 144 g/mol. The molecule has 2 nitrogen and oxygen atoms in total. The summed E-state index contributed by atoms with van der Waals surface area (Å²) >= 11 is 0. The molecule has 0 aromatic rings. The molecule has 10 heavy (non-hydrogen) atoms. The highest BCUT2D eigenvalue weighted by Gasteiger charge is 2.22. The molecule has 0 saturated carbocycles. The first-order valence-electron chi connectivity index (χ1n) is 3.58. The minimum atomic E-state index is -2.13. The zero-order chi connectivity index (χ0) is 8.36. The van der Waals surface area contributed by atoms with Crippen LogP contribution in [0.25, 0.3) is 0 Å². The first kappa shape index (κ1) is 9.85. The Labute approximate surface area is 63.4 Å². The smallest absolute Gasteiger partial charge is 0.189 e. The van der Waals surface area contributed by atoms with E-state index in [1.165, 1.54) is 0 Å². The summed E-state index contributed by atoms with van der Waals surface area (Å²) in [6.07, 6.45) is 0. The predicted molar refractivity (Wildman–Crippen MR) is 44.4 cm³/mol. The van der Waals surface area contributed by atoms with Crippen molar-refractivity contribution in [1.82, 2.24) is 0 Å². The van der Waals surface area contributed by atoms with Crippen LogP contribution >= 0.6 is 0 Å². The van der Waals surface area contributed by atoms with Crippen LogP contribution in [-0.2, 0) is 4.79 Å². The SMILES string of the molecule is CC(C)C(=O)C[Si](C)(C)O. The van der Waals surface area contributed by atoms with Gasteiger partial charge in [-0.2, -0.15) is 0 Å². The van der Waals surface area contributed by atoms with Crippen molar-refractivity contribution in [3.8, 4) is 0 Å². The van der Waals surface area contributed by atoms with E-state index in [0.717, 1.165) is 0 Å². The zero-order valence-corrected chi connectivity index (χ0v) is 8.14. The van der Waals surface area contributed by atoms with E-state index in [2.05, 4.69) is 0 Å². The first-order chi connectivity index (χ1) is 4.33. The van der Waals surface area contributed by atoms with Gasteiger partial charge in [-0.15, -0.1) is 0 Å². The minimum absolute atomic E-state index is 0.0684. The summed E-state index contributed by atoms with van der Waals surface area (Å²) in [4.78, 5) is 20.4. The lowest BCUT2D eigenvalue weighted by Gasteiger charge is -2.13. The lowest BCUT2D eigenvalue weighted by molar-refractivity contribution is -0.119. The van der Waals surface area contributed by atoms with Gasteiger partial charge in [0.05, 0.1) is 0 Å². The third kappa shape index (κ3) is 4.70. The lowest BCUT2D eigenvalue weighted by Crippen LogP contribution is -2.30. The Morgan fingerprint density at radius 3 is 2.00 bits per heavy atom. The maximum absolute atomic E-state index is 11.0. The fraction of sp³-hybridized carbons (Fsp3) is 0.857. The second-order valence-corrected chi connectivity index (χ2v) is 7.59. The standard InChI is InChI=1S/C7H16O2Si/c1-6(2)7(8)5-10(3,4)9/h6,9H,5H2,1-4H3. The second-order valence-electron chi connectivity index (χ2n) is 3.61. The monoisotopic (exact) mass is 160 g/mol. The fourth-order valence-electron chi connectivity index (χ4n) is 0.631. The zero-order valence-electron chi connectivity index (χ0n) is 7.14. The maximum Gasteiger partial charge on any atom is 0.189 e. The molecule has 0 saturated heterocycles. The first-order valence-corrected chi connectivity index (χ1v) is 6.73. The van der Waals surface area contributed by atoms with Crippen LogP contribution in [0.15, 0.2) is 0 Å². The van der Waals surface area contributed by atoms with E-state index in [1.807, 2.05) is 13.8 Å². The van der Waals surface area contributed by atoms with Gasteiger partial charge in [-0.1, -0.05) is 13.8 Å². The topological polar surface area (TPSA) is 37.3 Å². The Morgan fingerprint density at radius 1 is 1.50 bits per heavy atom. The van der Waals surface area contributed by atoms with Gasteiger partial charge in [0.25, 0.3) is 0 Å². The number of carbonyl (C=O) groups excluding carboxylic acids is 1. The molecule has 0 spiro atoms. The van der Waals surface area contributed by atoms with E-state index in [1.54, 1.807) is 13.1 Å². The Hall–Kier alpha value is -0.153. The molecule has 0 fully saturated rings. The van der Waals surface area contributed by atoms with E-state index in [0.29, 0.717) is 6.04 Å². The molecule has 0 radical (unpaired) electrons. The van der Waals surface area contributed by atoms with Gasteiger partial charge in [-0.05, 0) is 13.1 Å². The van der Waals surface area contributed by atoms with Gasteiger partial charge in [-0.3, -0.25) is 4.79 Å². The molecule has 0 aliphatic rings. The van der Waals surface area contributed by atoms with E-state index >= 15 is 0 Å². The number of rotatable bonds is 3. The van der Waals surface area contributed by atoms with Crippen LogP contribution in [0.3, 0.4) is 0 Å². The average molecular weight is 160 g/mol. The van der Waals surface area contributed by atoms with Crippen molar-refractivity contribution in [2.24, 2.45) is 5.92 Å². The number of carbonyl (C=O) groups is 1. The average Bonchev–Trinajstić information content (AvgIpc) is 1.60. The lowest BCUT2D eigenvalue weighted by atomic mass is 10.1. The molecule has 0 bridgehead atoms. The van der Waals surface area contributed by atoms with Crippen molar-refractivity contribution < 1.29 is 9.59 Å². The minimum Gasteiger partial charge on any atom is -0.432 e. The van der Waals surface area contributed by atoms with Crippen molar-refractivity contribution >= 4 is 14.1 Å². The third-order valence-electron chi connectivity index (χ3n) is 1.25. The van der Waals surface area contributed by atoms with E-state index < -0.39 is 8.32 Å². The molecule has 3 heteroatoms. The summed E-state index contributed by atoms with van der Waals surface area (Å²) in [5.74, 6) is 0.248. The molecule has 0 aliphatic heterocycles. The molecule has 0 aromatic heterocycles. The summed E-state index contributed by atoms with van der Waals surface area (Å²) < 4.78 is 0. The van der Waals surface area contributed by atoms with Crippen LogP contribution in [0.1, 0.15) is 13.8 Å². The highest BCUT2D eigenvalue weighted by Crippen LogP contribution is 2.09. The molecule has 0 unspecified atom stereocenters. The molecule has 1 N–H and O–H groups in total. The maximum atomic E-state index is 11.0. The van der Waals surface area contributed by atoms with Crippen molar-refractivity contribution in [1.29, 1.82) is 0 Å². The number of Topliss-reactive ketones (excluding diaryl/α,β-unsaturated/α-hetero) is 1. The molecule has 60 valence electrons. The molecule has 0 amide bonds. The van der Waals surface area contributed by atoms with Crippen LogP contribution < -0.4 is 0 Å². The van der Waals surface area contributed by atoms with E-state index in [9.17, 15) is 9.59 Å². The molecule has 0 atom stereocenters. The van der Waals surface area contributed by atoms with Crippen LogP contribution in [0.4, 0.5) is 0 Å².